The molecular formula is C12H34O3Si4. The first-order valence-electron chi connectivity index (χ1n) is 7.47. The average Bonchev–Trinajstić information content (AvgIpc) is 2.07. The van der Waals surface area contributed by atoms with Crippen molar-refractivity contribution in [2.24, 2.45) is 0 Å². The third-order valence-corrected chi connectivity index (χ3v) is 15.8. The van der Waals surface area contributed by atoms with Gasteiger partial charge in [0.1, 0.15) is 0 Å². The maximum absolute atomic E-state index is 6.52. The van der Waals surface area contributed by atoms with Crippen molar-refractivity contribution in [2.45, 2.75) is 78.2 Å². The second-order valence-electron chi connectivity index (χ2n) is 7.12. The summed E-state index contributed by atoms with van der Waals surface area (Å²) in [4.78, 5) is 0. The third kappa shape index (κ3) is 10.2. The number of hydrogen-bond donors (Lipinski definition) is 0. The summed E-state index contributed by atoms with van der Waals surface area (Å²) in [5.74, 6) is 0. The van der Waals surface area contributed by atoms with Gasteiger partial charge in [-0.1, -0.05) is 19.8 Å². The number of rotatable bonds is 9. The van der Waals surface area contributed by atoms with Crippen molar-refractivity contribution in [3.8, 4) is 0 Å². The van der Waals surface area contributed by atoms with Crippen molar-refractivity contribution in [1.29, 1.82) is 0 Å². The van der Waals surface area contributed by atoms with Crippen molar-refractivity contribution in [2.75, 3.05) is 0 Å². The van der Waals surface area contributed by atoms with E-state index in [-0.39, 0.29) is 0 Å². The first-order valence-corrected chi connectivity index (χ1v) is 19.0. The highest BCUT2D eigenvalue weighted by Crippen LogP contribution is 2.26. The van der Waals surface area contributed by atoms with Crippen LogP contribution in [-0.2, 0) is 12.3 Å². The Bertz CT molecular complexity index is 266. The third-order valence-electron chi connectivity index (χ3n) is 2.49. The van der Waals surface area contributed by atoms with Gasteiger partial charge in [-0.25, -0.2) is 0 Å². The van der Waals surface area contributed by atoms with E-state index >= 15 is 0 Å². The summed E-state index contributed by atoms with van der Waals surface area (Å²) in [6.07, 6.45) is 2.39. The Morgan fingerprint density at radius 1 is 0.895 bits per heavy atom. The van der Waals surface area contributed by atoms with Crippen molar-refractivity contribution in [3.63, 3.8) is 0 Å². The van der Waals surface area contributed by atoms with Gasteiger partial charge >= 0.3 is 17.1 Å². The second kappa shape index (κ2) is 7.67. The monoisotopic (exact) mass is 338 g/mol. The van der Waals surface area contributed by atoms with E-state index in [0.29, 0.717) is 0 Å². The summed E-state index contributed by atoms with van der Waals surface area (Å²) in [6, 6.07) is 1.09. The SMILES string of the molecule is CCCC[Si](C)(O[Si](C)(C)C)O[Si](C)(C)O[SiH](C)C. The normalized spacial score (nSPS) is 16.7. The predicted octanol–water partition coefficient (Wildman–Crippen LogP) is 4.43. The summed E-state index contributed by atoms with van der Waals surface area (Å²) < 4.78 is 19.1. The molecule has 0 saturated carbocycles. The van der Waals surface area contributed by atoms with E-state index in [2.05, 4.69) is 59.3 Å². The fraction of sp³-hybridized carbons (Fsp3) is 1.00. The van der Waals surface area contributed by atoms with Crippen LogP contribution in [0.2, 0.25) is 58.4 Å². The largest absolute Gasteiger partial charge is 0.440 e. The predicted molar refractivity (Wildman–Crippen MR) is 94.3 cm³/mol. The Balaban J connectivity index is 4.83. The molecule has 0 aliphatic heterocycles. The van der Waals surface area contributed by atoms with E-state index in [4.69, 9.17) is 12.3 Å². The van der Waals surface area contributed by atoms with Gasteiger partial charge < -0.3 is 12.3 Å². The van der Waals surface area contributed by atoms with Crippen molar-refractivity contribution in [3.05, 3.63) is 0 Å². The molecule has 0 aliphatic carbocycles. The molecule has 0 aromatic rings. The van der Waals surface area contributed by atoms with Crippen LogP contribution < -0.4 is 0 Å². The van der Waals surface area contributed by atoms with E-state index in [1.54, 1.807) is 0 Å². The summed E-state index contributed by atoms with van der Waals surface area (Å²) in [7, 11) is -6.74. The van der Waals surface area contributed by atoms with Crippen LogP contribution in [0.5, 0.6) is 0 Å². The molecule has 116 valence electrons. The van der Waals surface area contributed by atoms with Crippen LogP contribution in [-0.4, -0.2) is 34.5 Å². The molecule has 0 fully saturated rings. The lowest BCUT2D eigenvalue weighted by Gasteiger charge is -2.40. The molecule has 0 aromatic carbocycles. The van der Waals surface area contributed by atoms with Gasteiger partial charge in [0, 0.05) is 0 Å². The highest BCUT2D eigenvalue weighted by Gasteiger charge is 2.42. The molecule has 0 bridgehead atoms. The summed E-state index contributed by atoms with van der Waals surface area (Å²) in [6.45, 7) is 20.0. The van der Waals surface area contributed by atoms with E-state index < -0.39 is 34.5 Å². The fourth-order valence-electron chi connectivity index (χ4n) is 2.38. The summed E-state index contributed by atoms with van der Waals surface area (Å²) in [5.41, 5.74) is 0. The van der Waals surface area contributed by atoms with Crippen molar-refractivity contribution >= 4 is 34.5 Å². The molecule has 19 heavy (non-hydrogen) atoms. The van der Waals surface area contributed by atoms with Crippen LogP contribution in [0.15, 0.2) is 0 Å². The van der Waals surface area contributed by atoms with Gasteiger partial charge in [0.2, 0.25) is 0 Å². The first kappa shape index (κ1) is 19.7. The van der Waals surface area contributed by atoms with Crippen LogP contribution in [0.4, 0.5) is 0 Å². The van der Waals surface area contributed by atoms with E-state index in [0.717, 1.165) is 6.04 Å². The van der Waals surface area contributed by atoms with Gasteiger partial charge in [0.15, 0.2) is 17.4 Å². The summed E-state index contributed by atoms with van der Waals surface area (Å²) in [5, 5.41) is 0. The molecule has 0 spiro atoms. The van der Waals surface area contributed by atoms with Gasteiger partial charge in [-0.2, -0.15) is 0 Å². The molecule has 0 N–H and O–H groups in total. The zero-order chi connectivity index (χ0) is 15.3. The molecule has 0 rings (SSSR count). The minimum atomic E-state index is -2.09. The molecule has 0 aromatic heterocycles. The quantitative estimate of drug-likeness (QED) is 0.582. The molecule has 1 unspecified atom stereocenters. The van der Waals surface area contributed by atoms with Crippen LogP contribution in [0, 0.1) is 0 Å². The maximum Gasteiger partial charge on any atom is 0.315 e. The molecule has 1 atom stereocenters. The molecule has 0 saturated heterocycles. The lowest BCUT2D eigenvalue weighted by Crippen LogP contribution is -2.55. The lowest BCUT2D eigenvalue weighted by molar-refractivity contribution is 0.326. The van der Waals surface area contributed by atoms with Gasteiger partial charge in [-0.15, -0.1) is 0 Å². The van der Waals surface area contributed by atoms with Crippen molar-refractivity contribution < 1.29 is 12.3 Å². The Morgan fingerprint density at radius 3 is 1.79 bits per heavy atom. The standard InChI is InChI=1S/C12H34O3Si4/c1-10-11-12-19(9,14-17(4,5)6)15-18(7,8)13-16(2)3/h16H,10-12H2,1-9H3. The van der Waals surface area contributed by atoms with E-state index in [1.165, 1.54) is 12.8 Å². The Labute approximate surface area is 125 Å². The van der Waals surface area contributed by atoms with Crippen LogP contribution in [0.1, 0.15) is 19.8 Å². The highest BCUT2D eigenvalue weighted by atomic mass is 28.5. The molecular weight excluding hydrogens is 304 g/mol. The zero-order valence-electron chi connectivity index (χ0n) is 14.4. The van der Waals surface area contributed by atoms with Crippen molar-refractivity contribution in [1.82, 2.24) is 0 Å². The molecule has 0 amide bonds. The summed E-state index contributed by atoms with van der Waals surface area (Å²) >= 11 is 0. The van der Waals surface area contributed by atoms with Crippen LogP contribution >= 0.6 is 0 Å². The Hall–Kier alpha value is 0.748. The van der Waals surface area contributed by atoms with E-state index in [9.17, 15) is 0 Å². The second-order valence-corrected chi connectivity index (χ2v) is 21.6. The van der Waals surface area contributed by atoms with Gasteiger partial charge in [0.05, 0.1) is 0 Å². The number of hydrogen-bond acceptors (Lipinski definition) is 3. The number of unbranched alkanes of at least 4 members (excludes halogenated alkanes) is 1. The Morgan fingerprint density at radius 2 is 1.42 bits per heavy atom. The highest BCUT2D eigenvalue weighted by molar-refractivity contribution is 6.87. The molecule has 0 aliphatic rings. The molecule has 7 heteroatoms. The first-order chi connectivity index (χ1) is 8.39. The topological polar surface area (TPSA) is 27.7 Å². The maximum atomic E-state index is 6.52. The van der Waals surface area contributed by atoms with Gasteiger partial charge in [0.25, 0.3) is 0 Å². The van der Waals surface area contributed by atoms with Crippen LogP contribution in [0.3, 0.4) is 0 Å². The van der Waals surface area contributed by atoms with Crippen LogP contribution in [0.25, 0.3) is 0 Å². The molecule has 3 nitrogen and oxygen atoms in total. The minimum Gasteiger partial charge on any atom is -0.440 e. The fourth-order valence-corrected chi connectivity index (χ4v) is 19.2. The van der Waals surface area contributed by atoms with E-state index in [1.807, 2.05) is 0 Å². The lowest BCUT2D eigenvalue weighted by atomic mass is 10.4. The zero-order valence-corrected chi connectivity index (χ0v) is 18.6. The minimum absolute atomic E-state index is 1.05. The molecule has 0 radical (unpaired) electrons. The average molecular weight is 339 g/mol. The van der Waals surface area contributed by atoms with Gasteiger partial charge in [-0.3, -0.25) is 0 Å². The smallest absolute Gasteiger partial charge is 0.315 e. The van der Waals surface area contributed by atoms with Gasteiger partial charge in [-0.05, 0) is 58.4 Å². The Kier molecular flexibility index (Phi) is 7.97. The molecule has 0 heterocycles.